The quantitative estimate of drug-likeness (QED) is 0.325. The van der Waals surface area contributed by atoms with Crippen molar-refractivity contribution in [2.45, 2.75) is 6.42 Å². The van der Waals surface area contributed by atoms with Gasteiger partial charge in [0.05, 0.1) is 17.1 Å². The van der Waals surface area contributed by atoms with Crippen LogP contribution in [0.25, 0.3) is 21.1 Å². The van der Waals surface area contributed by atoms with Crippen molar-refractivity contribution in [2.75, 3.05) is 5.43 Å². The van der Waals surface area contributed by atoms with Crippen molar-refractivity contribution in [3.63, 3.8) is 0 Å². The summed E-state index contributed by atoms with van der Waals surface area (Å²) in [7, 11) is 0. The molecule has 0 aliphatic carbocycles. The van der Waals surface area contributed by atoms with Crippen molar-refractivity contribution in [1.29, 1.82) is 0 Å². The molecule has 0 fully saturated rings. The second-order valence-corrected chi connectivity index (χ2v) is 7.72. The molecule has 0 saturated carbocycles. The first-order valence-electron chi connectivity index (χ1n) is 9.27. The van der Waals surface area contributed by atoms with Crippen LogP contribution < -0.4 is 5.43 Å². The summed E-state index contributed by atoms with van der Waals surface area (Å²) in [5.41, 5.74) is 6.32. The second-order valence-electron chi connectivity index (χ2n) is 6.60. The molecule has 0 amide bonds. The minimum atomic E-state index is 0.708. The van der Waals surface area contributed by atoms with Crippen molar-refractivity contribution < 1.29 is 0 Å². The number of nitrogens with zero attached hydrogens (tertiary/aromatic N) is 4. The number of aromatic nitrogens is 3. The normalized spacial score (nSPS) is 11.4. The van der Waals surface area contributed by atoms with Crippen LogP contribution in [0.4, 0.5) is 5.82 Å². The molecular formula is C23H17N5S. The first kappa shape index (κ1) is 17.5. The number of hydrogen-bond donors (Lipinski definition) is 1. The number of para-hydroxylation sites is 1. The highest BCUT2D eigenvalue weighted by molar-refractivity contribution is 7.18. The summed E-state index contributed by atoms with van der Waals surface area (Å²) in [4.78, 5) is 15.4. The van der Waals surface area contributed by atoms with E-state index in [4.69, 9.17) is 0 Å². The van der Waals surface area contributed by atoms with E-state index in [-0.39, 0.29) is 0 Å². The number of benzene rings is 2. The number of nitrogens with one attached hydrogen (secondary N) is 1. The summed E-state index contributed by atoms with van der Waals surface area (Å²) >= 11 is 1.69. The molecule has 0 aliphatic heterocycles. The van der Waals surface area contributed by atoms with Gasteiger partial charge in [0.25, 0.3) is 0 Å². The lowest BCUT2D eigenvalue weighted by Crippen LogP contribution is -1.95. The molecule has 0 saturated heterocycles. The smallest absolute Gasteiger partial charge is 0.158 e. The zero-order valence-corrected chi connectivity index (χ0v) is 16.3. The van der Waals surface area contributed by atoms with Crippen LogP contribution in [0.1, 0.15) is 16.0 Å². The Bertz CT molecular complexity index is 1310. The maximum absolute atomic E-state index is 4.42. The van der Waals surface area contributed by atoms with Crippen LogP contribution in [0.15, 0.2) is 84.4 Å². The number of hydrogen-bond acceptors (Lipinski definition) is 6. The SMILES string of the molecule is C(=NNc1ncnc2sc(Cc3ccccc3)cc12)c1ccnc2ccccc12. The minimum absolute atomic E-state index is 0.708. The standard InChI is InChI=1S/C23H17N5S/c1-2-6-16(7-3-1)12-18-13-20-22(25-15-26-23(20)29-18)28-27-14-17-10-11-24-21-9-5-4-8-19(17)21/h1-11,13-15H,12H2,(H,25,26,28). The molecular weight excluding hydrogens is 378 g/mol. The molecule has 0 aliphatic rings. The van der Waals surface area contributed by atoms with Gasteiger partial charge in [-0.1, -0.05) is 48.5 Å². The van der Waals surface area contributed by atoms with Gasteiger partial charge in [-0.05, 0) is 23.8 Å². The van der Waals surface area contributed by atoms with E-state index in [1.807, 2.05) is 36.4 Å². The van der Waals surface area contributed by atoms with Crippen LogP contribution in [0.5, 0.6) is 0 Å². The minimum Gasteiger partial charge on any atom is -0.261 e. The molecule has 5 nitrogen and oxygen atoms in total. The molecule has 0 unspecified atom stereocenters. The fraction of sp³-hybridized carbons (Fsp3) is 0.0435. The molecule has 0 atom stereocenters. The number of hydrazone groups is 1. The third kappa shape index (κ3) is 3.70. The van der Waals surface area contributed by atoms with E-state index in [9.17, 15) is 0 Å². The van der Waals surface area contributed by atoms with Crippen LogP contribution in [0, 0.1) is 0 Å². The van der Waals surface area contributed by atoms with Crippen molar-refractivity contribution >= 4 is 44.5 Å². The highest BCUT2D eigenvalue weighted by Gasteiger charge is 2.09. The molecule has 0 bridgehead atoms. The first-order chi connectivity index (χ1) is 14.4. The second kappa shape index (κ2) is 7.77. The Morgan fingerprint density at radius 1 is 0.897 bits per heavy atom. The van der Waals surface area contributed by atoms with E-state index in [0.717, 1.165) is 33.1 Å². The number of pyridine rings is 1. The van der Waals surface area contributed by atoms with Crippen LogP contribution >= 0.6 is 11.3 Å². The van der Waals surface area contributed by atoms with Crippen molar-refractivity contribution in [3.8, 4) is 0 Å². The fourth-order valence-corrected chi connectivity index (χ4v) is 4.30. The van der Waals surface area contributed by atoms with Crippen LogP contribution in [0.2, 0.25) is 0 Å². The molecule has 140 valence electrons. The van der Waals surface area contributed by atoms with Crippen molar-refractivity contribution in [1.82, 2.24) is 15.0 Å². The van der Waals surface area contributed by atoms with Gasteiger partial charge in [-0.25, -0.2) is 9.97 Å². The molecule has 5 rings (SSSR count). The lowest BCUT2D eigenvalue weighted by molar-refractivity contribution is 1.19. The molecule has 0 radical (unpaired) electrons. The molecule has 29 heavy (non-hydrogen) atoms. The molecule has 2 aromatic carbocycles. The Hall–Kier alpha value is -3.64. The summed E-state index contributed by atoms with van der Waals surface area (Å²) in [6.07, 6.45) is 6.05. The monoisotopic (exact) mass is 395 g/mol. The summed E-state index contributed by atoms with van der Waals surface area (Å²) < 4.78 is 0. The van der Waals surface area contributed by atoms with Gasteiger partial charge in [0, 0.05) is 28.4 Å². The summed E-state index contributed by atoms with van der Waals surface area (Å²) in [6, 6.07) is 22.5. The van der Waals surface area contributed by atoms with E-state index >= 15 is 0 Å². The summed E-state index contributed by atoms with van der Waals surface area (Å²) in [5, 5.41) is 6.47. The lowest BCUT2D eigenvalue weighted by Gasteiger charge is -2.02. The first-order valence-corrected chi connectivity index (χ1v) is 10.1. The van der Waals surface area contributed by atoms with Gasteiger partial charge in [-0.2, -0.15) is 5.10 Å². The van der Waals surface area contributed by atoms with E-state index in [1.165, 1.54) is 10.4 Å². The zero-order valence-electron chi connectivity index (χ0n) is 15.5. The van der Waals surface area contributed by atoms with E-state index in [0.29, 0.717) is 5.82 Å². The van der Waals surface area contributed by atoms with Gasteiger partial charge >= 0.3 is 0 Å². The Morgan fingerprint density at radius 3 is 2.69 bits per heavy atom. The maximum atomic E-state index is 4.42. The highest BCUT2D eigenvalue weighted by Crippen LogP contribution is 2.29. The van der Waals surface area contributed by atoms with Crippen molar-refractivity contribution in [2.24, 2.45) is 5.10 Å². The molecule has 3 heterocycles. The number of thiophene rings is 1. The van der Waals surface area contributed by atoms with Gasteiger partial charge in [0.2, 0.25) is 0 Å². The topological polar surface area (TPSA) is 63.1 Å². The predicted octanol–water partition coefficient (Wildman–Crippen LogP) is 5.28. The van der Waals surface area contributed by atoms with Gasteiger partial charge in [0.15, 0.2) is 5.82 Å². The maximum Gasteiger partial charge on any atom is 0.158 e. The Labute approximate surface area is 171 Å². The van der Waals surface area contributed by atoms with Gasteiger partial charge in [-0.3, -0.25) is 10.4 Å². The largest absolute Gasteiger partial charge is 0.261 e. The number of anilines is 1. The highest BCUT2D eigenvalue weighted by atomic mass is 32.1. The third-order valence-electron chi connectivity index (χ3n) is 4.66. The van der Waals surface area contributed by atoms with E-state index < -0.39 is 0 Å². The van der Waals surface area contributed by atoms with Gasteiger partial charge in [0.1, 0.15) is 11.2 Å². The third-order valence-corrected chi connectivity index (χ3v) is 5.70. The van der Waals surface area contributed by atoms with Crippen molar-refractivity contribution in [3.05, 3.63) is 95.3 Å². The fourth-order valence-electron chi connectivity index (χ4n) is 3.27. The Balaban J connectivity index is 1.41. The van der Waals surface area contributed by atoms with Crippen LogP contribution in [0.3, 0.4) is 0 Å². The van der Waals surface area contributed by atoms with Crippen LogP contribution in [-0.2, 0) is 6.42 Å². The van der Waals surface area contributed by atoms with Crippen LogP contribution in [-0.4, -0.2) is 21.2 Å². The van der Waals surface area contributed by atoms with Gasteiger partial charge < -0.3 is 0 Å². The average molecular weight is 395 g/mol. The Kier molecular flexibility index (Phi) is 4.68. The number of rotatable bonds is 5. The molecule has 6 heteroatoms. The lowest BCUT2D eigenvalue weighted by atomic mass is 10.1. The molecule has 0 spiro atoms. The zero-order chi connectivity index (χ0) is 19.5. The molecule has 3 aromatic heterocycles. The average Bonchev–Trinajstić information content (AvgIpc) is 3.18. The Morgan fingerprint density at radius 2 is 1.76 bits per heavy atom. The molecule has 5 aromatic rings. The summed E-state index contributed by atoms with van der Waals surface area (Å²) in [5.74, 6) is 0.708. The van der Waals surface area contributed by atoms with E-state index in [1.54, 1.807) is 30.1 Å². The number of fused-ring (bicyclic) bond motifs is 2. The predicted molar refractivity (Wildman–Crippen MR) is 120 cm³/mol. The molecule has 1 N–H and O–H groups in total. The van der Waals surface area contributed by atoms with Gasteiger partial charge in [-0.15, -0.1) is 11.3 Å². The summed E-state index contributed by atoms with van der Waals surface area (Å²) in [6.45, 7) is 0. The van der Waals surface area contributed by atoms with E-state index in [2.05, 4.69) is 55.8 Å².